The zero-order chi connectivity index (χ0) is 23.1. The van der Waals surface area contributed by atoms with Crippen molar-refractivity contribution in [2.75, 3.05) is 5.43 Å². The molecule has 0 radical (unpaired) electrons. The van der Waals surface area contributed by atoms with Crippen LogP contribution in [0, 0.1) is 5.82 Å². The molecule has 0 atom stereocenters. The van der Waals surface area contributed by atoms with Crippen LogP contribution in [0.15, 0.2) is 63.2 Å². The van der Waals surface area contributed by atoms with Gasteiger partial charge in [0.1, 0.15) is 5.82 Å². The fraction of sp³-hybridized carbons (Fsp3) is 0.250. The number of nitrogens with zero attached hydrogens (tertiary/aromatic N) is 5. The number of aromatic nitrogens is 4. The number of hydrazone groups is 1. The van der Waals surface area contributed by atoms with Crippen LogP contribution in [0.5, 0.6) is 0 Å². The van der Waals surface area contributed by atoms with Crippen molar-refractivity contribution in [3.8, 4) is 0 Å². The van der Waals surface area contributed by atoms with Crippen LogP contribution in [0.1, 0.15) is 29.5 Å². The Labute approximate surface area is 188 Å². The third kappa shape index (κ3) is 3.65. The van der Waals surface area contributed by atoms with Gasteiger partial charge in [-0.2, -0.15) is 10.1 Å². The van der Waals surface area contributed by atoms with Crippen molar-refractivity contribution in [3.05, 3.63) is 91.9 Å². The highest BCUT2D eigenvalue weighted by molar-refractivity contribution is 6.03. The van der Waals surface area contributed by atoms with Gasteiger partial charge < -0.3 is 4.57 Å². The number of fused-ring (bicyclic) bond motifs is 2. The van der Waals surface area contributed by atoms with Gasteiger partial charge in [-0.05, 0) is 42.5 Å². The molecule has 0 fully saturated rings. The quantitative estimate of drug-likeness (QED) is 0.489. The minimum atomic E-state index is -0.492. The predicted octanol–water partition coefficient (Wildman–Crippen LogP) is 2.77. The summed E-state index contributed by atoms with van der Waals surface area (Å²) in [7, 11) is 3.28. The molecule has 0 saturated heterocycles. The average Bonchev–Trinajstić information content (AvgIpc) is 3.16. The van der Waals surface area contributed by atoms with Gasteiger partial charge in [-0.15, -0.1) is 0 Å². The highest BCUT2D eigenvalue weighted by Gasteiger charge is 2.20. The van der Waals surface area contributed by atoms with E-state index in [0.29, 0.717) is 11.5 Å². The number of halogens is 1. The van der Waals surface area contributed by atoms with Gasteiger partial charge in [0.15, 0.2) is 11.2 Å². The van der Waals surface area contributed by atoms with E-state index in [4.69, 9.17) is 0 Å². The summed E-state index contributed by atoms with van der Waals surface area (Å²) in [6.45, 7) is 0.0365. The molecule has 0 spiro atoms. The van der Waals surface area contributed by atoms with E-state index >= 15 is 0 Å². The molecule has 0 unspecified atom stereocenters. The molecule has 0 aliphatic heterocycles. The van der Waals surface area contributed by atoms with Crippen molar-refractivity contribution in [2.24, 2.45) is 19.2 Å². The van der Waals surface area contributed by atoms with E-state index in [1.807, 2.05) is 12.1 Å². The minimum absolute atomic E-state index is 0.0365. The monoisotopic (exact) mass is 446 g/mol. The molecule has 2 heterocycles. The summed E-state index contributed by atoms with van der Waals surface area (Å²) in [6.07, 6.45) is 2.89. The van der Waals surface area contributed by atoms with Gasteiger partial charge in [0, 0.05) is 19.7 Å². The van der Waals surface area contributed by atoms with Crippen molar-refractivity contribution in [1.82, 2.24) is 18.7 Å². The van der Waals surface area contributed by atoms with Crippen LogP contribution in [0.3, 0.4) is 0 Å². The molecule has 33 heavy (non-hydrogen) atoms. The third-order valence-electron chi connectivity index (χ3n) is 6.09. The van der Waals surface area contributed by atoms with Crippen molar-refractivity contribution in [1.29, 1.82) is 0 Å². The number of benzene rings is 2. The maximum atomic E-state index is 13.2. The van der Waals surface area contributed by atoms with E-state index in [2.05, 4.69) is 27.6 Å². The molecular formula is C24H23FN6O2. The van der Waals surface area contributed by atoms with Crippen LogP contribution in [0.25, 0.3) is 11.2 Å². The largest absolute Gasteiger partial charge is 0.332 e. The molecule has 4 aromatic rings. The van der Waals surface area contributed by atoms with Crippen LogP contribution in [-0.2, 0) is 27.1 Å². The van der Waals surface area contributed by atoms with Crippen molar-refractivity contribution >= 4 is 22.8 Å². The lowest BCUT2D eigenvalue weighted by Crippen LogP contribution is -2.39. The summed E-state index contributed by atoms with van der Waals surface area (Å²) in [5, 5.41) is 4.58. The van der Waals surface area contributed by atoms with E-state index < -0.39 is 11.2 Å². The van der Waals surface area contributed by atoms with Crippen LogP contribution >= 0.6 is 0 Å². The van der Waals surface area contributed by atoms with Crippen LogP contribution in [0.4, 0.5) is 10.3 Å². The zero-order valence-corrected chi connectivity index (χ0v) is 18.4. The Morgan fingerprint density at radius 1 is 1.03 bits per heavy atom. The molecule has 8 nitrogen and oxygen atoms in total. The zero-order valence-electron chi connectivity index (χ0n) is 18.4. The Morgan fingerprint density at radius 2 is 1.79 bits per heavy atom. The Balaban J connectivity index is 1.55. The molecule has 1 aliphatic carbocycles. The van der Waals surface area contributed by atoms with Crippen LogP contribution in [-0.4, -0.2) is 24.4 Å². The maximum absolute atomic E-state index is 13.2. The molecule has 1 N–H and O–H groups in total. The standard InChI is InChI=1S/C24H23FN6O2/c1-29-20-21(26-23(29)28-27-19-9-5-7-16-6-3-4-8-18(16)19)30(2)24(33)31(22(20)32)14-15-10-12-17(25)13-11-15/h3-4,6,8,10-13H,5,7,9,14H2,1-2H3,(H,26,28)/b27-19-. The molecule has 168 valence electrons. The number of aryl methyl sites for hydroxylation is 3. The SMILES string of the molecule is Cn1c(N/N=C2/CCCc3ccccc32)nc2c1c(=O)n(Cc1ccc(F)cc1)c(=O)n2C. The maximum Gasteiger partial charge on any atom is 0.332 e. The molecule has 1 aliphatic rings. The van der Waals surface area contributed by atoms with E-state index in [1.54, 1.807) is 30.8 Å². The Morgan fingerprint density at radius 3 is 2.58 bits per heavy atom. The lowest BCUT2D eigenvalue weighted by Gasteiger charge is -2.17. The topological polar surface area (TPSA) is 86.2 Å². The summed E-state index contributed by atoms with van der Waals surface area (Å²) in [6, 6.07) is 13.9. The number of hydrogen-bond donors (Lipinski definition) is 1. The minimum Gasteiger partial charge on any atom is -0.306 e. The van der Waals surface area contributed by atoms with E-state index in [0.717, 1.165) is 35.1 Å². The first-order chi connectivity index (χ1) is 15.9. The Bertz CT molecular complexity index is 1510. The second-order valence-electron chi connectivity index (χ2n) is 8.21. The Kier molecular flexibility index (Phi) is 5.16. The fourth-order valence-electron chi connectivity index (χ4n) is 4.29. The first-order valence-corrected chi connectivity index (χ1v) is 10.8. The number of imidazole rings is 1. The van der Waals surface area contributed by atoms with Crippen molar-refractivity contribution in [3.63, 3.8) is 0 Å². The van der Waals surface area contributed by atoms with Gasteiger partial charge >= 0.3 is 5.69 Å². The summed E-state index contributed by atoms with van der Waals surface area (Å²) in [5.41, 5.74) is 6.57. The second kappa shape index (κ2) is 8.16. The molecular weight excluding hydrogens is 423 g/mol. The fourth-order valence-corrected chi connectivity index (χ4v) is 4.29. The van der Waals surface area contributed by atoms with E-state index in [9.17, 15) is 14.0 Å². The molecule has 5 rings (SSSR count). The second-order valence-corrected chi connectivity index (χ2v) is 8.21. The van der Waals surface area contributed by atoms with Crippen LogP contribution in [0.2, 0.25) is 0 Å². The summed E-state index contributed by atoms with van der Waals surface area (Å²) in [5.74, 6) is -0.00815. The molecule has 2 aromatic carbocycles. The molecule has 0 amide bonds. The normalized spacial score (nSPS) is 14.6. The first-order valence-electron chi connectivity index (χ1n) is 10.8. The number of hydrogen-bond acceptors (Lipinski definition) is 5. The van der Waals surface area contributed by atoms with Gasteiger partial charge in [-0.1, -0.05) is 36.4 Å². The first kappa shape index (κ1) is 20.9. The molecule has 2 aromatic heterocycles. The van der Waals surface area contributed by atoms with E-state index in [-0.39, 0.29) is 23.5 Å². The van der Waals surface area contributed by atoms with Gasteiger partial charge in [0.25, 0.3) is 5.56 Å². The molecule has 0 saturated carbocycles. The number of rotatable bonds is 4. The van der Waals surface area contributed by atoms with Crippen molar-refractivity contribution in [2.45, 2.75) is 25.8 Å². The summed E-state index contributed by atoms with van der Waals surface area (Å²) in [4.78, 5) is 30.6. The Hall–Kier alpha value is -4.01. The number of nitrogens with one attached hydrogen (secondary N) is 1. The summed E-state index contributed by atoms with van der Waals surface area (Å²) < 4.78 is 17.3. The van der Waals surface area contributed by atoms with Gasteiger partial charge in [-0.3, -0.25) is 13.9 Å². The molecule has 0 bridgehead atoms. The highest BCUT2D eigenvalue weighted by atomic mass is 19.1. The van der Waals surface area contributed by atoms with Gasteiger partial charge in [-0.25, -0.2) is 14.6 Å². The lowest BCUT2D eigenvalue weighted by molar-refractivity contribution is 0.623. The van der Waals surface area contributed by atoms with Crippen LogP contribution < -0.4 is 16.7 Å². The van der Waals surface area contributed by atoms with Crippen molar-refractivity contribution < 1.29 is 4.39 Å². The van der Waals surface area contributed by atoms with Gasteiger partial charge in [0.2, 0.25) is 5.95 Å². The number of anilines is 1. The summed E-state index contributed by atoms with van der Waals surface area (Å²) >= 11 is 0. The lowest BCUT2D eigenvalue weighted by atomic mass is 9.90. The van der Waals surface area contributed by atoms with Gasteiger partial charge in [0.05, 0.1) is 12.3 Å². The highest BCUT2D eigenvalue weighted by Crippen LogP contribution is 2.22. The molecule has 9 heteroatoms. The smallest absolute Gasteiger partial charge is 0.306 e. The average molecular weight is 446 g/mol. The predicted molar refractivity (Wildman–Crippen MR) is 125 cm³/mol. The van der Waals surface area contributed by atoms with E-state index in [1.165, 1.54) is 22.3 Å². The third-order valence-corrected chi connectivity index (χ3v) is 6.09.